The van der Waals surface area contributed by atoms with Gasteiger partial charge in [0.1, 0.15) is 6.10 Å². The number of benzene rings is 1. The molecule has 2 saturated heterocycles. The minimum absolute atomic E-state index is 0.217. The zero-order valence-electron chi connectivity index (χ0n) is 14.1. The highest BCUT2D eigenvalue weighted by Crippen LogP contribution is 2.37. The Kier molecular flexibility index (Phi) is 5.19. The summed E-state index contributed by atoms with van der Waals surface area (Å²) in [5.74, 6) is -0.518. The van der Waals surface area contributed by atoms with E-state index in [2.05, 4.69) is 10.2 Å². The molecule has 2 heterocycles. The molecule has 2 aliphatic heterocycles. The third-order valence-electron chi connectivity index (χ3n) is 4.66. The molecular weight excluding hydrogens is 335 g/mol. The number of piperazine rings is 1. The Morgan fingerprint density at radius 3 is 2.56 bits per heavy atom. The van der Waals surface area contributed by atoms with Gasteiger partial charge in [-0.05, 0) is 38.1 Å². The molecular formula is C17H22F3N3O2. The first-order chi connectivity index (χ1) is 11.8. The van der Waals surface area contributed by atoms with Crippen molar-refractivity contribution in [1.82, 2.24) is 4.90 Å². The first-order valence-corrected chi connectivity index (χ1v) is 8.42. The summed E-state index contributed by atoms with van der Waals surface area (Å²) in [7, 11) is 1.99. The van der Waals surface area contributed by atoms with E-state index in [0.29, 0.717) is 31.8 Å². The van der Waals surface area contributed by atoms with Crippen LogP contribution in [0.25, 0.3) is 0 Å². The van der Waals surface area contributed by atoms with Crippen LogP contribution in [0.5, 0.6) is 0 Å². The lowest BCUT2D eigenvalue weighted by molar-refractivity contribution is -0.137. The van der Waals surface area contributed by atoms with E-state index in [1.54, 1.807) is 6.07 Å². The van der Waals surface area contributed by atoms with Crippen molar-refractivity contribution >= 4 is 17.3 Å². The van der Waals surface area contributed by atoms with E-state index in [1.165, 1.54) is 6.07 Å². The molecule has 0 aromatic heterocycles. The second-order valence-corrected chi connectivity index (χ2v) is 6.51. The average molecular weight is 357 g/mol. The molecule has 138 valence electrons. The summed E-state index contributed by atoms with van der Waals surface area (Å²) in [5.41, 5.74) is -0.517. The predicted octanol–water partition coefficient (Wildman–Crippen LogP) is 2.57. The van der Waals surface area contributed by atoms with E-state index >= 15 is 0 Å². The lowest BCUT2D eigenvalue weighted by Gasteiger charge is -2.34. The van der Waals surface area contributed by atoms with Crippen molar-refractivity contribution in [1.29, 1.82) is 0 Å². The summed E-state index contributed by atoms with van der Waals surface area (Å²) in [4.78, 5) is 16.2. The molecule has 1 amide bonds. The third-order valence-corrected chi connectivity index (χ3v) is 4.66. The summed E-state index contributed by atoms with van der Waals surface area (Å²) in [6.07, 6.45) is -3.93. The minimum atomic E-state index is -4.54. The highest BCUT2D eigenvalue weighted by Gasteiger charge is 2.35. The molecule has 0 aliphatic carbocycles. The second-order valence-electron chi connectivity index (χ2n) is 6.51. The van der Waals surface area contributed by atoms with Gasteiger partial charge < -0.3 is 19.9 Å². The molecule has 1 aromatic rings. The van der Waals surface area contributed by atoms with E-state index in [-0.39, 0.29) is 5.69 Å². The van der Waals surface area contributed by atoms with Gasteiger partial charge >= 0.3 is 6.18 Å². The number of carbonyl (C=O) groups excluding carboxylic acids is 1. The van der Waals surface area contributed by atoms with Crippen LogP contribution < -0.4 is 10.2 Å². The lowest BCUT2D eigenvalue weighted by atomic mass is 10.1. The Morgan fingerprint density at radius 2 is 1.96 bits per heavy atom. The van der Waals surface area contributed by atoms with Crippen molar-refractivity contribution < 1.29 is 22.7 Å². The van der Waals surface area contributed by atoms with Crippen LogP contribution >= 0.6 is 0 Å². The van der Waals surface area contributed by atoms with Crippen molar-refractivity contribution in [2.45, 2.75) is 25.1 Å². The van der Waals surface area contributed by atoms with Crippen molar-refractivity contribution in [2.24, 2.45) is 0 Å². The SMILES string of the molecule is CN1CCN(c2ccc(NC(=O)C3CCCO3)c(C(F)(F)F)c2)CC1. The lowest BCUT2D eigenvalue weighted by Crippen LogP contribution is -2.44. The maximum atomic E-state index is 13.5. The van der Waals surface area contributed by atoms with Gasteiger partial charge in [-0.25, -0.2) is 0 Å². The number of rotatable bonds is 3. The summed E-state index contributed by atoms with van der Waals surface area (Å²) in [6.45, 7) is 3.43. The Hall–Kier alpha value is -1.80. The van der Waals surface area contributed by atoms with Crippen molar-refractivity contribution in [2.75, 3.05) is 50.1 Å². The van der Waals surface area contributed by atoms with Gasteiger partial charge in [-0.15, -0.1) is 0 Å². The number of ether oxygens (including phenoxy) is 1. The van der Waals surface area contributed by atoms with Crippen LogP contribution in [0, 0.1) is 0 Å². The first-order valence-electron chi connectivity index (χ1n) is 8.42. The summed E-state index contributed by atoms with van der Waals surface area (Å²) in [5, 5.41) is 2.39. The van der Waals surface area contributed by atoms with Crippen molar-refractivity contribution in [3.63, 3.8) is 0 Å². The minimum Gasteiger partial charge on any atom is -0.369 e. The molecule has 1 N–H and O–H groups in total. The van der Waals surface area contributed by atoms with Crippen LogP contribution in [0.1, 0.15) is 18.4 Å². The monoisotopic (exact) mass is 357 g/mol. The molecule has 1 unspecified atom stereocenters. The number of anilines is 2. The van der Waals surface area contributed by atoms with Crippen molar-refractivity contribution in [3.05, 3.63) is 23.8 Å². The number of likely N-dealkylation sites (N-methyl/N-ethyl adjacent to an activating group) is 1. The van der Waals surface area contributed by atoms with Crippen LogP contribution in [0.15, 0.2) is 18.2 Å². The molecule has 0 spiro atoms. The normalized spacial score (nSPS) is 22.2. The van der Waals surface area contributed by atoms with E-state index < -0.39 is 23.8 Å². The van der Waals surface area contributed by atoms with Gasteiger partial charge in [-0.3, -0.25) is 4.79 Å². The highest BCUT2D eigenvalue weighted by atomic mass is 19.4. The Labute approximate surface area is 144 Å². The Balaban J connectivity index is 1.81. The van der Waals surface area contributed by atoms with Crippen LogP contribution in [0.4, 0.5) is 24.5 Å². The zero-order chi connectivity index (χ0) is 18.0. The molecule has 2 aliphatic rings. The fraction of sp³-hybridized carbons (Fsp3) is 0.588. The first kappa shape index (κ1) is 18.0. The van der Waals surface area contributed by atoms with Gasteiger partial charge in [0.25, 0.3) is 5.91 Å². The smallest absolute Gasteiger partial charge is 0.369 e. The molecule has 5 nitrogen and oxygen atoms in total. The van der Waals surface area contributed by atoms with Gasteiger partial charge in [-0.2, -0.15) is 13.2 Å². The van der Waals surface area contributed by atoms with E-state index in [0.717, 1.165) is 25.6 Å². The molecule has 25 heavy (non-hydrogen) atoms. The van der Waals surface area contributed by atoms with Crippen LogP contribution in [-0.2, 0) is 15.7 Å². The van der Waals surface area contributed by atoms with Gasteiger partial charge in [-0.1, -0.05) is 0 Å². The Morgan fingerprint density at radius 1 is 1.24 bits per heavy atom. The molecule has 1 atom stereocenters. The molecule has 0 radical (unpaired) electrons. The molecule has 0 saturated carbocycles. The fourth-order valence-corrected chi connectivity index (χ4v) is 3.13. The number of halogens is 3. The second kappa shape index (κ2) is 7.21. The van der Waals surface area contributed by atoms with Crippen LogP contribution in [0.2, 0.25) is 0 Å². The molecule has 2 fully saturated rings. The number of amides is 1. The average Bonchev–Trinajstić information content (AvgIpc) is 3.09. The number of hydrogen-bond donors (Lipinski definition) is 1. The summed E-state index contributed by atoms with van der Waals surface area (Å²) >= 11 is 0. The number of nitrogens with zero attached hydrogens (tertiary/aromatic N) is 2. The van der Waals surface area contributed by atoms with E-state index in [9.17, 15) is 18.0 Å². The fourth-order valence-electron chi connectivity index (χ4n) is 3.13. The van der Waals surface area contributed by atoms with Crippen molar-refractivity contribution in [3.8, 4) is 0 Å². The van der Waals surface area contributed by atoms with Gasteiger partial charge in [0, 0.05) is 38.5 Å². The van der Waals surface area contributed by atoms with Gasteiger partial charge in [0.2, 0.25) is 0 Å². The van der Waals surface area contributed by atoms with E-state index in [4.69, 9.17) is 4.74 Å². The number of nitrogens with one attached hydrogen (secondary N) is 1. The van der Waals surface area contributed by atoms with Gasteiger partial charge in [0.15, 0.2) is 0 Å². The standard InChI is InChI=1S/C17H22F3N3O2/c1-22-6-8-23(9-7-22)12-4-5-14(13(11-12)17(18,19)20)21-16(24)15-3-2-10-25-15/h4-5,11,15H,2-3,6-10H2,1H3,(H,21,24). The number of alkyl halides is 3. The van der Waals surface area contributed by atoms with Crippen LogP contribution in [0.3, 0.4) is 0 Å². The molecule has 0 bridgehead atoms. The molecule has 8 heteroatoms. The van der Waals surface area contributed by atoms with E-state index in [1.807, 2.05) is 11.9 Å². The predicted molar refractivity (Wildman–Crippen MR) is 88.8 cm³/mol. The van der Waals surface area contributed by atoms with Gasteiger partial charge in [0.05, 0.1) is 11.3 Å². The Bertz CT molecular complexity index is 622. The molecule has 1 aromatic carbocycles. The quantitative estimate of drug-likeness (QED) is 0.903. The summed E-state index contributed by atoms with van der Waals surface area (Å²) in [6, 6.07) is 4.09. The maximum Gasteiger partial charge on any atom is 0.418 e. The number of carbonyl (C=O) groups is 1. The highest BCUT2D eigenvalue weighted by molar-refractivity contribution is 5.95. The third kappa shape index (κ3) is 4.24. The molecule has 3 rings (SSSR count). The maximum absolute atomic E-state index is 13.5. The van der Waals surface area contributed by atoms with Crippen LogP contribution in [-0.4, -0.2) is 56.7 Å². The summed E-state index contributed by atoms with van der Waals surface area (Å²) < 4.78 is 45.7. The zero-order valence-corrected chi connectivity index (χ0v) is 14.1. The number of hydrogen-bond acceptors (Lipinski definition) is 4. The largest absolute Gasteiger partial charge is 0.418 e. The topological polar surface area (TPSA) is 44.8 Å².